The molecule has 0 aromatic heterocycles. The van der Waals surface area contributed by atoms with Gasteiger partial charge in [0.05, 0.1) is 0 Å². The first-order chi connectivity index (χ1) is 19.5. The molecule has 2 rings (SSSR count). The predicted octanol–water partition coefficient (Wildman–Crippen LogP) is 12.2. The molecular weight excluding hydrogens is 694 g/mol. The quantitative estimate of drug-likeness (QED) is 0.0989. The fraction of sp³-hybridized carbons (Fsp3) is 0.632. The van der Waals surface area contributed by atoms with Crippen molar-refractivity contribution < 1.29 is 0 Å². The molecule has 0 aliphatic heterocycles. The molecule has 224 valence electrons. The fourth-order valence-electron chi connectivity index (χ4n) is 5.98. The van der Waals surface area contributed by atoms with E-state index in [1.54, 1.807) is 16.9 Å². The van der Waals surface area contributed by atoms with Crippen LogP contribution in [0.15, 0.2) is 60.7 Å². The summed E-state index contributed by atoms with van der Waals surface area (Å²) in [6.45, 7) is 14.0. The molecule has 2 aromatic carbocycles. The van der Waals surface area contributed by atoms with Gasteiger partial charge < -0.3 is 0 Å². The summed E-state index contributed by atoms with van der Waals surface area (Å²) in [6, 6.07) is 22.2. The molecule has 0 fully saturated rings. The Bertz CT molecular complexity index is 850. The van der Waals surface area contributed by atoms with Crippen LogP contribution in [-0.2, 0) is 0 Å². The molecule has 0 aliphatic rings. The van der Waals surface area contributed by atoms with Gasteiger partial charge in [-0.05, 0) is 0 Å². The van der Waals surface area contributed by atoms with E-state index in [1.165, 1.54) is 95.9 Å². The van der Waals surface area contributed by atoms with Crippen LogP contribution in [-0.4, -0.2) is 36.8 Å². The molecule has 40 heavy (non-hydrogen) atoms. The third kappa shape index (κ3) is 15.2. The molecule has 2 aromatic rings. The molecule has 0 N–H and O–H groups in total. The van der Waals surface area contributed by atoms with Crippen LogP contribution < -0.4 is 3.58 Å². The van der Waals surface area contributed by atoms with Gasteiger partial charge in [0.15, 0.2) is 0 Å². The summed E-state index contributed by atoms with van der Waals surface area (Å²) in [7, 11) is 0. The molecular formula is C38H64Sn2. The van der Waals surface area contributed by atoms with E-state index >= 15 is 0 Å². The van der Waals surface area contributed by atoms with Gasteiger partial charge in [-0.3, -0.25) is 0 Å². The topological polar surface area (TPSA) is 0 Å². The van der Waals surface area contributed by atoms with Gasteiger partial charge in [-0.25, -0.2) is 0 Å². The number of rotatable bonds is 19. The van der Waals surface area contributed by atoms with E-state index in [0.717, 1.165) is 0 Å². The molecule has 0 amide bonds. The van der Waals surface area contributed by atoms with Gasteiger partial charge >= 0.3 is 262 Å². The van der Waals surface area contributed by atoms with Gasteiger partial charge in [-0.15, -0.1) is 0 Å². The first-order valence-corrected chi connectivity index (χ1v) is 32.1. The summed E-state index contributed by atoms with van der Waals surface area (Å²) in [5, 5.41) is 0. The predicted molar refractivity (Wildman–Crippen MR) is 189 cm³/mol. The molecule has 0 radical (unpaired) electrons. The van der Waals surface area contributed by atoms with Gasteiger partial charge in [-0.1, -0.05) is 0 Å². The molecule has 2 heteroatoms. The molecule has 0 bridgehead atoms. The Morgan fingerprint density at radius 3 is 1.18 bits per heavy atom. The van der Waals surface area contributed by atoms with Gasteiger partial charge in [0, 0.05) is 0 Å². The van der Waals surface area contributed by atoms with Gasteiger partial charge in [0.25, 0.3) is 0 Å². The van der Waals surface area contributed by atoms with E-state index < -0.39 is 36.8 Å². The molecule has 0 heterocycles. The fourth-order valence-corrected chi connectivity index (χ4v) is 35.2. The van der Waals surface area contributed by atoms with Crippen molar-refractivity contribution in [3.8, 4) is 9.86 Å². The van der Waals surface area contributed by atoms with Crippen LogP contribution in [0, 0.1) is 9.86 Å². The summed E-state index contributed by atoms with van der Waals surface area (Å²) >= 11 is -4.34. The zero-order valence-corrected chi connectivity index (χ0v) is 33.2. The average molecular weight is 758 g/mol. The van der Waals surface area contributed by atoms with Crippen molar-refractivity contribution in [1.82, 2.24) is 0 Å². The van der Waals surface area contributed by atoms with Crippen LogP contribution in [0.5, 0.6) is 0 Å². The van der Waals surface area contributed by atoms with Crippen LogP contribution in [0.4, 0.5) is 0 Å². The summed E-state index contributed by atoms with van der Waals surface area (Å²) < 4.78 is 14.9. The maximum absolute atomic E-state index is 3.91. The van der Waals surface area contributed by atoms with E-state index in [1.807, 2.05) is 0 Å². The summed E-state index contributed by atoms with van der Waals surface area (Å²) in [4.78, 5) is 0. The molecule has 0 aliphatic carbocycles. The molecule has 0 saturated heterocycles. The molecule has 0 unspecified atom stereocenters. The summed E-state index contributed by atoms with van der Waals surface area (Å²) in [5.74, 6) is 3.56. The Hall–Kier alpha value is -0.403. The Kier molecular flexibility index (Phi) is 22.7. The minimum absolute atomic E-state index is 1.21. The van der Waals surface area contributed by atoms with Crippen molar-refractivity contribution in [2.24, 2.45) is 0 Å². The molecule has 0 atom stereocenters. The van der Waals surface area contributed by atoms with Crippen LogP contribution in [0.2, 0.25) is 26.6 Å². The first kappa shape index (κ1) is 37.6. The van der Waals surface area contributed by atoms with Crippen LogP contribution in [0.1, 0.15) is 124 Å². The maximum atomic E-state index is 3.91. The Morgan fingerprint density at radius 2 is 0.800 bits per heavy atom. The molecule has 0 spiro atoms. The number of hydrogen-bond donors (Lipinski definition) is 0. The number of hydrogen-bond acceptors (Lipinski definition) is 0. The normalized spacial score (nSPS) is 11.3. The van der Waals surface area contributed by atoms with Crippen molar-refractivity contribution in [3.05, 3.63) is 66.2 Å². The van der Waals surface area contributed by atoms with E-state index in [9.17, 15) is 0 Å². The van der Waals surface area contributed by atoms with Crippen molar-refractivity contribution >= 4 is 40.3 Å². The monoisotopic (exact) mass is 760 g/mol. The Balaban J connectivity index is 0.000000402. The SMILES string of the molecule is CCC[CH2][Sn]([CH2]CCC)([CH2]CCC)[c]1ccccc1.CCC[CH2][Sn]([C]#Cc1ccccc1)([CH2]CCC)[CH2]CCC. The van der Waals surface area contributed by atoms with Gasteiger partial charge in [0.1, 0.15) is 0 Å². The second kappa shape index (κ2) is 24.1. The standard InChI is InChI=1S/C8H5.C6H5.6C4H9.2Sn/c1-2-8-6-4-3-5-7-8;1-2-4-6-5-3-1;6*1-3-4-2;;/h3-7H;1-5H;6*1,3-4H2,2H3;;. The molecule has 0 saturated carbocycles. The second-order valence-corrected chi connectivity index (χ2v) is 37.7. The van der Waals surface area contributed by atoms with E-state index in [0.29, 0.717) is 0 Å². The van der Waals surface area contributed by atoms with Crippen LogP contribution in [0.3, 0.4) is 0 Å². The van der Waals surface area contributed by atoms with Crippen molar-refractivity contribution in [2.45, 2.75) is 145 Å². The van der Waals surface area contributed by atoms with Crippen LogP contribution in [0.25, 0.3) is 0 Å². The zero-order chi connectivity index (χ0) is 29.4. The van der Waals surface area contributed by atoms with E-state index in [-0.39, 0.29) is 0 Å². The van der Waals surface area contributed by atoms with E-state index in [4.69, 9.17) is 0 Å². The Labute approximate surface area is 259 Å². The second-order valence-electron chi connectivity index (χ2n) is 12.2. The zero-order valence-electron chi connectivity index (χ0n) is 27.5. The van der Waals surface area contributed by atoms with E-state index in [2.05, 4.69) is 112 Å². The van der Waals surface area contributed by atoms with Crippen molar-refractivity contribution in [3.63, 3.8) is 0 Å². The Morgan fingerprint density at radius 1 is 0.450 bits per heavy atom. The minimum atomic E-state index is -2.25. The van der Waals surface area contributed by atoms with Gasteiger partial charge in [0.2, 0.25) is 0 Å². The third-order valence-corrected chi connectivity index (χ3v) is 37.4. The molecule has 0 nitrogen and oxygen atoms in total. The van der Waals surface area contributed by atoms with Gasteiger partial charge in [-0.2, -0.15) is 0 Å². The third-order valence-electron chi connectivity index (χ3n) is 8.69. The average Bonchev–Trinajstić information content (AvgIpc) is 3.01. The number of benzene rings is 2. The summed E-state index contributed by atoms with van der Waals surface area (Å²) in [5.41, 5.74) is 1.21. The van der Waals surface area contributed by atoms with Crippen molar-refractivity contribution in [2.75, 3.05) is 0 Å². The summed E-state index contributed by atoms with van der Waals surface area (Å²) in [6.07, 6.45) is 16.6. The van der Waals surface area contributed by atoms with Crippen molar-refractivity contribution in [1.29, 1.82) is 0 Å². The van der Waals surface area contributed by atoms with Crippen LogP contribution >= 0.6 is 0 Å². The number of unbranched alkanes of at least 4 members (excludes halogenated alkanes) is 6. The first-order valence-electron chi connectivity index (χ1n) is 17.2.